The molecule has 0 spiro atoms. The Bertz CT molecular complexity index is 1380. The number of halogens is 3. The summed E-state index contributed by atoms with van der Waals surface area (Å²) >= 11 is 0. The molecule has 1 fully saturated rings. The molecule has 0 saturated carbocycles. The van der Waals surface area contributed by atoms with Crippen molar-refractivity contribution in [2.75, 3.05) is 25.0 Å². The molecule has 9 nitrogen and oxygen atoms in total. The highest BCUT2D eigenvalue weighted by atomic mass is 19.4. The Labute approximate surface area is 203 Å². The number of likely N-dealkylation sites (tertiary alicyclic amines) is 1. The van der Waals surface area contributed by atoms with Crippen LogP contribution in [0.1, 0.15) is 17.5 Å². The van der Waals surface area contributed by atoms with Crippen molar-refractivity contribution in [3.63, 3.8) is 0 Å². The van der Waals surface area contributed by atoms with E-state index in [0.29, 0.717) is 56.1 Å². The van der Waals surface area contributed by atoms with Crippen LogP contribution in [0.4, 0.5) is 24.7 Å². The molecule has 3 heterocycles. The number of hydrogen-bond donors (Lipinski definition) is 2. The van der Waals surface area contributed by atoms with E-state index in [4.69, 9.17) is 0 Å². The van der Waals surface area contributed by atoms with Crippen LogP contribution in [0.15, 0.2) is 52.2 Å². The van der Waals surface area contributed by atoms with Crippen molar-refractivity contribution in [1.29, 1.82) is 0 Å². The smallest absolute Gasteiger partial charge is 0.406 e. The number of alkyl halides is 3. The van der Waals surface area contributed by atoms with E-state index in [-0.39, 0.29) is 22.9 Å². The first kappa shape index (κ1) is 24.1. The fraction of sp³-hybridized carbons (Fsp3) is 0.375. The molecule has 1 aliphatic heterocycles. The molecule has 0 unspecified atom stereocenters. The van der Waals surface area contributed by atoms with Crippen molar-refractivity contribution in [2.45, 2.75) is 38.3 Å². The first-order valence-electron chi connectivity index (χ1n) is 11.6. The van der Waals surface area contributed by atoms with Gasteiger partial charge in [0.1, 0.15) is 11.4 Å². The van der Waals surface area contributed by atoms with Crippen molar-refractivity contribution < 1.29 is 23.0 Å². The van der Waals surface area contributed by atoms with Crippen LogP contribution in [0.5, 0.6) is 5.75 Å². The van der Waals surface area contributed by atoms with Crippen molar-refractivity contribution in [1.82, 2.24) is 19.2 Å². The summed E-state index contributed by atoms with van der Waals surface area (Å²) in [6.07, 6.45) is -1.53. The van der Waals surface area contributed by atoms with Gasteiger partial charge in [0.25, 0.3) is 11.1 Å². The third-order valence-corrected chi connectivity index (χ3v) is 6.34. The number of anilines is 2. The number of aliphatic hydroxyl groups excluding tert-OH is 1. The van der Waals surface area contributed by atoms with E-state index in [9.17, 15) is 27.9 Å². The van der Waals surface area contributed by atoms with Gasteiger partial charge in [-0.25, -0.2) is 0 Å². The average molecular weight is 503 g/mol. The van der Waals surface area contributed by atoms with Crippen LogP contribution in [0.25, 0.3) is 5.69 Å². The largest absolute Gasteiger partial charge is 0.573 e. The highest BCUT2D eigenvalue weighted by molar-refractivity contribution is 5.61. The zero-order valence-electron chi connectivity index (χ0n) is 19.2. The molecule has 2 N–H and O–H groups in total. The minimum atomic E-state index is -4.82. The number of ether oxygens (including phenoxy) is 1. The van der Waals surface area contributed by atoms with Crippen LogP contribution in [0.2, 0.25) is 0 Å². The lowest BCUT2D eigenvalue weighted by molar-refractivity contribution is -0.274. The van der Waals surface area contributed by atoms with Crippen molar-refractivity contribution in [3.8, 4) is 11.4 Å². The van der Waals surface area contributed by atoms with E-state index in [2.05, 4.69) is 15.2 Å². The number of aromatic nitrogens is 3. The number of β-amino-alcohol motifs (C(OH)–C–C–N with tert-alkyl or cyclic N) is 1. The molecule has 2 aliphatic rings. The van der Waals surface area contributed by atoms with Gasteiger partial charge < -0.3 is 19.7 Å². The Morgan fingerprint density at radius 1 is 1.03 bits per heavy atom. The molecule has 1 aromatic carbocycles. The lowest BCUT2D eigenvalue weighted by Crippen LogP contribution is -2.51. The quantitative estimate of drug-likeness (QED) is 0.510. The second-order valence-corrected chi connectivity index (χ2v) is 8.88. The molecule has 1 aliphatic carbocycles. The number of fused-ring (bicyclic) bond motifs is 1. The lowest BCUT2D eigenvalue weighted by Gasteiger charge is -2.35. The zero-order valence-corrected chi connectivity index (χ0v) is 19.2. The Kier molecular flexibility index (Phi) is 6.31. The Morgan fingerprint density at radius 2 is 1.75 bits per heavy atom. The molecule has 3 aromatic rings. The minimum absolute atomic E-state index is 0.251. The van der Waals surface area contributed by atoms with Gasteiger partial charge in [0.05, 0.1) is 11.8 Å². The molecule has 0 atom stereocenters. The number of benzene rings is 1. The molecule has 36 heavy (non-hydrogen) atoms. The number of hydrogen-bond acceptors (Lipinski definition) is 7. The maximum atomic E-state index is 13.1. The number of nitrogens with zero attached hydrogens (tertiary/aromatic N) is 4. The fourth-order valence-corrected chi connectivity index (χ4v) is 4.55. The first-order valence-corrected chi connectivity index (χ1v) is 11.6. The molecule has 12 heteroatoms. The molecule has 190 valence electrons. The molecule has 1 saturated heterocycles. The van der Waals surface area contributed by atoms with Crippen LogP contribution < -0.4 is 21.2 Å². The van der Waals surface area contributed by atoms with Gasteiger partial charge in [0.15, 0.2) is 5.82 Å². The fourth-order valence-electron chi connectivity index (χ4n) is 4.55. The summed E-state index contributed by atoms with van der Waals surface area (Å²) in [7, 11) is 0. The van der Waals surface area contributed by atoms with E-state index >= 15 is 0 Å². The van der Waals surface area contributed by atoms with Crippen molar-refractivity contribution in [2.24, 2.45) is 0 Å². The van der Waals surface area contributed by atoms with Gasteiger partial charge in [-0.15, -0.1) is 18.3 Å². The lowest BCUT2D eigenvalue weighted by atomic mass is 10.2. The topological polar surface area (TPSA) is 102 Å². The highest BCUT2D eigenvalue weighted by Crippen LogP contribution is 2.28. The van der Waals surface area contributed by atoms with Gasteiger partial charge in [0.2, 0.25) is 0 Å². The average Bonchev–Trinajstić information content (AvgIpc) is 3.30. The number of rotatable bonds is 7. The second-order valence-electron chi connectivity index (χ2n) is 8.88. The third kappa shape index (κ3) is 5.00. The summed E-state index contributed by atoms with van der Waals surface area (Å²) in [5, 5.41) is 17.0. The summed E-state index contributed by atoms with van der Waals surface area (Å²) in [6, 6.07) is 8.25. The van der Waals surface area contributed by atoms with E-state index in [0.717, 1.165) is 28.8 Å². The number of nitrogens with one attached hydrogen (secondary N) is 1. The summed E-state index contributed by atoms with van der Waals surface area (Å²) in [4.78, 5) is 28.2. The van der Waals surface area contributed by atoms with Gasteiger partial charge in [-0.2, -0.15) is 4.68 Å². The van der Waals surface area contributed by atoms with Gasteiger partial charge in [-0.1, -0.05) is 0 Å². The zero-order chi connectivity index (χ0) is 25.4. The molecule has 5 rings (SSSR count). The molecular formula is C24H24F3N5O4. The standard InChI is InChI=1S/C24H24F3N5O4/c25-24(26,27)36-17-8-6-15(7-9-17)32-22(34)19-4-1-3-18(19)21(29-32)28-20-5-2-10-31(23(20)35)12-11-30-13-16(33)14-30/h2,5-10,16,33H,1,3-4,11-14H2,(H,28,29). The number of aliphatic hydroxyl groups is 1. The van der Waals surface area contributed by atoms with Crippen LogP contribution in [-0.2, 0) is 19.4 Å². The predicted octanol–water partition coefficient (Wildman–Crippen LogP) is 2.20. The second kappa shape index (κ2) is 9.43. The van der Waals surface area contributed by atoms with Gasteiger partial charge in [-0.3, -0.25) is 14.5 Å². The first-order chi connectivity index (χ1) is 17.2. The predicted molar refractivity (Wildman–Crippen MR) is 125 cm³/mol. The molecule has 2 aromatic heterocycles. The van der Waals surface area contributed by atoms with Crippen LogP contribution in [-0.4, -0.2) is 56.5 Å². The van der Waals surface area contributed by atoms with Crippen LogP contribution in [0.3, 0.4) is 0 Å². The van der Waals surface area contributed by atoms with E-state index < -0.39 is 12.1 Å². The monoisotopic (exact) mass is 503 g/mol. The van der Waals surface area contributed by atoms with Crippen molar-refractivity contribution in [3.05, 3.63) is 74.4 Å². The minimum Gasteiger partial charge on any atom is -0.406 e. The molecular weight excluding hydrogens is 479 g/mol. The Balaban J connectivity index is 1.43. The van der Waals surface area contributed by atoms with Crippen LogP contribution in [0, 0.1) is 0 Å². The maximum absolute atomic E-state index is 13.1. The maximum Gasteiger partial charge on any atom is 0.573 e. The Hall–Kier alpha value is -3.64. The summed E-state index contributed by atoms with van der Waals surface area (Å²) in [6.45, 7) is 2.27. The van der Waals surface area contributed by atoms with E-state index in [1.807, 2.05) is 4.90 Å². The summed E-state index contributed by atoms with van der Waals surface area (Å²) < 4.78 is 44.1. The number of pyridine rings is 1. The third-order valence-electron chi connectivity index (χ3n) is 6.34. The summed E-state index contributed by atoms with van der Waals surface area (Å²) in [5.74, 6) is -0.0465. The van der Waals surface area contributed by atoms with Gasteiger partial charge >= 0.3 is 6.36 Å². The SMILES string of the molecule is O=c1c(Nc2nn(-c3ccc(OC(F)(F)F)cc3)c(=O)c3c2CCC3)cccn1CCN1CC(O)C1. The molecule has 0 bridgehead atoms. The van der Waals surface area contributed by atoms with E-state index in [1.165, 1.54) is 12.1 Å². The van der Waals surface area contributed by atoms with E-state index in [1.54, 1.807) is 22.9 Å². The highest BCUT2D eigenvalue weighted by Gasteiger charge is 2.31. The summed E-state index contributed by atoms with van der Waals surface area (Å²) in [5.41, 5.74) is 1.27. The van der Waals surface area contributed by atoms with Crippen LogP contribution >= 0.6 is 0 Å². The van der Waals surface area contributed by atoms with Gasteiger partial charge in [-0.05, 0) is 55.7 Å². The molecule has 0 amide bonds. The Morgan fingerprint density at radius 3 is 2.44 bits per heavy atom. The normalized spacial score (nSPS) is 16.0. The van der Waals surface area contributed by atoms with Gasteiger partial charge in [0, 0.05) is 43.5 Å². The van der Waals surface area contributed by atoms with Crippen molar-refractivity contribution >= 4 is 11.5 Å². The molecule has 0 radical (unpaired) electrons.